The van der Waals surface area contributed by atoms with Gasteiger partial charge in [-0.3, -0.25) is 15.0 Å². The number of hydrogen-bond acceptors (Lipinski definition) is 4. The third-order valence-corrected chi connectivity index (χ3v) is 4.50. The number of nitrogens with one attached hydrogen (secondary N) is 1. The molecule has 1 aromatic carbocycles. The number of halogens is 3. The van der Waals surface area contributed by atoms with E-state index in [2.05, 4.69) is 24.1 Å². The molecule has 1 heterocycles. The van der Waals surface area contributed by atoms with E-state index >= 15 is 0 Å². The van der Waals surface area contributed by atoms with E-state index in [-0.39, 0.29) is 41.5 Å². The maximum Gasteiger partial charge on any atom is 0.269 e. The van der Waals surface area contributed by atoms with Crippen molar-refractivity contribution in [2.24, 2.45) is 5.92 Å². The molecule has 0 radical (unpaired) electrons. The van der Waals surface area contributed by atoms with Crippen molar-refractivity contribution in [3.8, 4) is 0 Å². The average Bonchev–Trinajstić information content (AvgIpc) is 2.49. The van der Waals surface area contributed by atoms with Gasteiger partial charge in [0.1, 0.15) is 0 Å². The fourth-order valence-electron chi connectivity index (χ4n) is 2.92. The Morgan fingerprint density at radius 1 is 1.25 bits per heavy atom. The molecule has 0 spiro atoms. The molecule has 1 fully saturated rings. The van der Waals surface area contributed by atoms with Crippen molar-refractivity contribution in [2.75, 3.05) is 26.2 Å². The summed E-state index contributed by atoms with van der Waals surface area (Å²) in [7, 11) is 0. The van der Waals surface area contributed by atoms with Crippen LogP contribution in [-0.2, 0) is 0 Å². The van der Waals surface area contributed by atoms with Gasteiger partial charge in [-0.1, -0.05) is 25.4 Å². The summed E-state index contributed by atoms with van der Waals surface area (Å²) in [4.78, 5) is 13.1. The Hall–Kier alpha value is -0.590. The lowest BCUT2D eigenvalue weighted by molar-refractivity contribution is -0.385. The Morgan fingerprint density at radius 2 is 1.88 bits per heavy atom. The van der Waals surface area contributed by atoms with Gasteiger partial charge < -0.3 is 5.32 Å². The molecular weight excluding hydrogens is 373 g/mol. The summed E-state index contributed by atoms with van der Waals surface area (Å²) >= 11 is 6.37. The van der Waals surface area contributed by atoms with Crippen LogP contribution in [0.1, 0.15) is 38.3 Å². The first-order valence-corrected chi connectivity index (χ1v) is 8.25. The van der Waals surface area contributed by atoms with Crippen LogP contribution >= 0.6 is 36.4 Å². The first-order chi connectivity index (χ1) is 10.5. The molecule has 1 saturated heterocycles. The Bertz CT molecular complexity index is 523. The monoisotopic (exact) mass is 397 g/mol. The molecule has 1 aliphatic rings. The SMILES string of the molecule is CC(C)CC[C@@H](c1cc([N+](=O)[O-])ccc1Cl)N1CCNCC1.Cl.Cl. The standard InChI is InChI=1S/C16H24ClN3O2.2ClH/c1-12(2)3-6-16(19-9-7-18-8-10-19)14-11-13(20(21)22)4-5-15(14)17;;/h4-5,11-12,16,18H,3,6-10H2,1-2H3;2*1H/t16-;;/m0../s1. The number of piperazine rings is 1. The van der Waals surface area contributed by atoms with E-state index in [1.165, 1.54) is 6.07 Å². The van der Waals surface area contributed by atoms with E-state index in [1.807, 2.05) is 0 Å². The van der Waals surface area contributed by atoms with Crippen LogP contribution in [0.2, 0.25) is 5.02 Å². The van der Waals surface area contributed by atoms with Gasteiger partial charge in [0.15, 0.2) is 0 Å². The number of non-ortho nitro benzene ring substituents is 1. The Kier molecular flexibility index (Phi) is 10.8. The van der Waals surface area contributed by atoms with Gasteiger partial charge in [-0.2, -0.15) is 0 Å². The molecule has 2 rings (SSSR count). The van der Waals surface area contributed by atoms with E-state index in [4.69, 9.17) is 11.6 Å². The smallest absolute Gasteiger partial charge is 0.269 e. The van der Waals surface area contributed by atoms with E-state index in [0.29, 0.717) is 10.9 Å². The molecule has 24 heavy (non-hydrogen) atoms. The van der Waals surface area contributed by atoms with Crippen LogP contribution in [0.25, 0.3) is 0 Å². The zero-order chi connectivity index (χ0) is 16.1. The summed E-state index contributed by atoms with van der Waals surface area (Å²) in [5.41, 5.74) is 1.00. The molecule has 8 heteroatoms. The summed E-state index contributed by atoms with van der Waals surface area (Å²) in [5, 5.41) is 15.0. The lowest BCUT2D eigenvalue weighted by atomic mass is 9.95. The third kappa shape index (κ3) is 6.37. The number of rotatable bonds is 6. The maximum absolute atomic E-state index is 11.1. The lowest BCUT2D eigenvalue weighted by Gasteiger charge is -2.36. The third-order valence-electron chi connectivity index (χ3n) is 4.16. The second kappa shape index (κ2) is 11.1. The second-order valence-corrected chi connectivity index (χ2v) is 6.64. The van der Waals surface area contributed by atoms with Gasteiger partial charge in [0.05, 0.1) is 4.92 Å². The van der Waals surface area contributed by atoms with Crippen LogP contribution in [0.3, 0.4) is 0 Å². The second-order valence-electron chi connectivity index (χ2n) is 6.24. The van der Waals surface area contributed by atoms with Crippen molar-refractivity contribution < 1.29 is 4.92 Å². The van der Waals surface area contributed by atoms with Gasteiger partial charge in [0.25, 0.3) is 5.69 Å². The summed E-state index contributed by atoms with van der Waals surface area (Å²) in [6, 6.07) is 4.93. The van der Waals surface area contributed by atoms with Gasteiger partial charge in [0.2, 0.25) is 0 Å². The van der Waals surface area contributed by atoms with Gasteiger partial charge >= 0.3 is 0 Å². The Balaban J connectivity index is 0.00000264. The highest BCUT2D eigenvalue weighted by molar-refractivity contribution is 6.31. The Labute approximate surface area is 161 Å². The maximum atomic E-state index is 11.1. The molecule has 5 nitrogen and oxygen atoms in total. The lowest BCUT2D eigenvalue weighted by Crippen LogP contribution is -2.45. The molecule has 0 bridgehead atoms. The zero-order valence-corrected chi connectivity index (χ0v) is 16.4. The van der Waals surface area contributed by atoms with E-state index < -0.39 is 0 Å². The highest BCUT2D eigenvalue weighted by atomic mass is 35.5. The van der Waals surface area contributed by atoms with Crippen LogP contribution < -0.4 is 5.32 Å². The summed E-state index contributed by atoms with van der Waals surface area (Å²) in [6.07, 6.45) is 2.05. The fourth-order valence-corrected chi connectivity index (χ4v) is 3.16. The van der Waals surface area contributed by atoms with Crippen molar-refractivity contribution in [1.29, 1.82) is 0 Å². The summed E-state index contributed by atoms with van der Waals surface area (Å²) in [6.45, 7) is 8.19. The quantitative estimate of drug-likeness (QED) is 0.567. The summed E-state index contributed by atoms with van der Waals surface area (Å²) < 4.78 is 0. The number of hydrogen-bond donors (Lipinski definition) is 1. The average molecular weight is 399 g/mol. The van der Waals surface area contributed by atoms with Crippen molar-refractivity contribution in [1.82, 2.24) is 10.2 Å². The van der Waals surface area contributed by atoms with E-state index in [9.17, 15) is 10.1 Å². The minimum absolute atomic E-state index is 0. The number of benzene rings is 1. The molecule has 0 saturated carbocycles. The minimum Gasteiger partial charge on any atom is -0.314 e. The highest BCUT2D eigenvalue weighted by Gasteiger charge is 2.25. The number of nitro groups is 1. The van der Waals surface area contributed by atoms with Crippen LogP contribution in [0.4, 0.5) is 5.69 Å². The molecule has 0 amide bonds. The van der Waals surface area contributed by atoms with Crippen LogP contribution in [-0.4, -0.2) is 36.0 Å². The van der Waals surface area contributed by atoms with Crippen LogP contribution in [0.15, 0.2) is 18.2 Å². The molecule has 0 aromatic heterocycles. The normalized spacial score (nSPS) is 16.2. The molecule has 1 aliphatic heterocycles. The first-order valence-electron chi connectivity index (χ1n) is 7.87. The van der Waals surface area contributed by atoms with Crippen molar-refractivity contribution >= 4 is 42.1 Å². The van der Waals surface area contributed by atoms with Crippen molar-refractivity contribution in [2.45, 2.75) is 32.7 Å². The molecule has 0 unspecified atom stereocenters. The molecule has 1 aromatic rings. The predicted molar refractivity (Wildman–Crippen MR) is 104 cm³/mol. The first kappa shape index (κ1) is 23.4. The Morgan fingerprint density at radius 3 is 2.42 bits per heavy atom. The van der Waals surface area contributed by atoms with Gasteiger partial charge in [-0.05, 0) is 30.4 Å². The molecule has 1 N–H and O–H groups in total. The molecule has 1 atom stereocenters. The van der Waals surface area contributed by atoms with Gasteiger partial charge in [-0.25, -0.2) is 0 Å². The van der Waals surface area contributed by atoms with Crippen molar-refractivity contribution in [3.05, 3.63) is 38.9 Å². The van der Waals surface area contributed by atoms with Gasteiger partial charge in [-0.15, -0.1) is 24.8 Å². The van der Waals surface area contributed by atoms with Crippen LogP contribution in [0, 0.1) is 16.0 Å². The molecular formula is C16H26Cl3N3O2. The van der Waals surface area contributed by atoms with Crippen LogP contribution in [0.5, 0.6) is 0 Å². The van der Waals surface area contributed by atoms with Crippen molar-refractivity contribution in [3.63, 3.8) is 0 Å². The molecule has 138 valence electrons. The molecule has 0 aliphatic carbocycles. The van der Waals surface area contributed by atoms with E-state index in [0.717, 1.165) is 44.6 Å². The largest absolute Gasteiger partial charge is 0.314 e. The predicted octanol–water partition coefficient (Wildman–Crippen LogP) is 4.47. The fraction of sp³-hybridized carbons (Fsp3) is 0.625. The van der Waals surface area contributed by atoms with E-state index in [1.54, 1.807) is 12.1 Å². The zero-order valence-electron chi connectivity index (χ0n) is 14.0. The highest BCUT2D eigenvalue weighted by Crippen LogP contribution is 2.34. The van der Waals surface area contributed by atoms with Gasteiger partial charge in [0, 0.05) is 49.4 Å². The topological polar surface area (TPSA) is 58.4 Å². The number of nitrogens with zero attached hydrogens (tertiary/aromatic N) is 2. The summed E-state index contributed by atoms with van der Waals surface area (Å²) in [5.74, 6) is 0.600. The number of nitro benzene ring substituents is 1. The minimum atomic E-state index is -0.350.